The van der Waals surface area contributed by atoms with E-state index in [0.29, 0.717) is 0 Å². The van der Waals surface area contributed by atoms with Crippen LogP contribution in [0.2, 0.25) is 0 Å². The van der Waals surface area contributed by atoms with Gasteiger partial charge in [0.25, 0.3) is 0 Å². The molecule has 0 heteroatoms. The molecule has 86 valence electrons. The van der Waals surface area contributed by atoms with Crippen LogP contribution in [0, 0.1) is 0 Å². The van der Waals surface area contributed by atoms with Gasteiger partial charge < -0.3 is 0 Å². The third-order valence-corrected chi connectivity index (χ3v) is 3.45. The summed E-state index contributed by atoms with van der Waals surface area (Å²) in [5.74, 6) is 0. The lowest BCUT2D eigenvalue weighted by molar-refractivity contribution is 0.726. The van der Waals surface area contributed by atoms with Gasteiger partial charge in [0.2, 0.25) is 0 Å². The average Bonchev–Trinajstić information content (AvgIpc) is 2.35. The van der Waals surface area contributed by atoms with E-state index in [1.807, 2.05) is 0 Å². The number of rotatable bonds is 4. The Morgan fingerprint density at radius 2 is 2.00 bits per heavy atom. The third-order valence-electron chi connectivity index (χ3n) is 3.45. The molecule has 0 aromatic heterocycles. The molecule has 0 heterocycles. The van der Waals surface area contributed by atoms with Crippen molar-refractivity contribution in [3.63, 3.8) is 0 Å². The van der Waals surface area contributed by atoms with Gasteiger partial charge in [-0.1, -0.05) is 50.1 Å². The third kappa shape index (κ3) is 2.75. The van der Waals surface area contributed by atoms with Crippen molar-refractivity contribution in [2.45, 2.75) is 51.9 Å². The van der Waals surface area contributed by atoms with Crippen LogP contribution in [-0.4, -0.2) is 0 Å². The first-order chi connectivity index (χ1) is 7.92. The molecule has 1 aliphatic rings. The highest BCUT2D eigenvalue weighted by Crippen LogP contribution is 2.30. The first-order valence-electron chi connectivity index (χ1n) is 6.69. The zero-order valence-corrected chi connectivity index (χ0v) is 10.3. The Balaban J connectivity index is 2.06. The average molecular weight is 214 g/mol. The lowest BCUT2D eigenvalue weighted by atomic mass is 9.87. The Labute approximate surface area is 99.4 Å². The van der Waals surface area contributed by atoms with Gasteiger partial charge in [-0.05, 0) is 48.8 Å². The summed E-state index contributed by atoms with van der Waals surface area (Å²) in [6.45, 7) is 2.27. The summed E-state index contributed by atoms with van der Waals surface area (Å²) >= 11 is 0. The molecule has 0 radical (unpaired) electrons. The first-order valence-corrected chi connectivity index (χ1v) is 6.69. The Bertz CT molecular complexity index is 360. The molecule has 2 rings (SSSR count). The van der Waals surface area contributed by atoms with Crippen molar-refractivity contribution in [1.29, 1.82) is 0 Å². The van der Waals surface area contributed by atoms with E-state index < -0.39 is 0 Å². The van der Waals surface area contributed by atoms with Gasteiger partial charge in [0.1, 0.15) is 0 Å². The van der Waals surface area contributed by atoms with Crippen molar-refractivity contribution in [3.05, 3.63) is 41.5 Å². The molecule has 0 fully saturated rings. The fourth-order valence-electron chi connectivity index (χ4n) is 2.54. The van der Waals surface area contributed by atoms with Crippen LogP contribution in [0.1, 0.15) is 56.6 Å². The van der Waals surface area contributed by atoms with Crippen LogP contribution in [0.25, 0.3) is 5.57 Å². The molecular weight excluding hydrogens is 192 g/mol. The Morgan fingerprint density at radius 1 is 1.12 bits per heavy atom. The first kappa shape index (κ1) is 11.4. The van der Waals surface area contributed by atoms with Gasteiger partial charge in [-0.3, -0.25) is 0 Å². The highest BCUT2D eigenvalue weighted by atomic mass is 14.2. The van der Waals surface area contributed by atoms with E-state index in [4.69, 9.17) is 0 Å². The van der Waals surface area contributed by atoms with Gasteiger partial charge in [0, 0.05) is 0 Å². The Morgan fingerprint density at radius 3 is 2.88 bits per heavy atom. The molecular formula is C16H22. The van der Waals surface area contributed by atoms with Crippen molar-refractivity contribution in [2.24, 2.45) is 0 Å². The number of benzene rings is 1. The molecule has 0 aliphatic heterocycles. The highest BCUT2D eigenvalue weighted by Gasteiger charge is 2.12. The number of allylic oxidation sites excluding steroid dienone is 2. The summed E-state index contributed by atoms with van der Waals surface area (Å²) in [7, 11) is 0. The minimum atomic E-state index is 1.26. The number of aryl methyl sites for hydroxylation is 1. The van der Waals surface area contributed by atoms with Crippen LogP contribution in [0.5, 0.6) is 0 Å². The fraction of sp³-hybridized carbons (Fsp3) is 0.500. The zero-order valence-electron chi connectivity index (χ0n) is 10.3. The smallest absolute Gasteiger partial charge is 0.0196 e. The van der Waals surface area contributed by atoms with Crippen molar-refractivity contribution in [2.75, 3.05) is 0 Å². The second-order valence-corrected chi connectivity index (χ2v) is 4.74. The topological polar surface area (TPSA) is 0 Å². The molecule has 0 saturated carbocycles. The van der Waals surface area contributed by atoms with Gasteiger partial charge in [0.15, 0.2) is 0 Å². The summed E-state index contributed by atoms with van der Waals surface area (Å²) in [5.41, 5.74) is 4.67. The molecule has 0 bridgehead atoms. The second-order valence-electron chi connectivity index (χ2n) is 4.74. The monoisotopic (exact) mass is 214 g/mol. The number of hydrogen-bond acceptors (Lipinski definition) is 0. The van der Waals surface area contributed by atoms with Gasteiger partial charge in [-0.15, -0.1) is 0 Å². The SMILES string of the molecule is CCCCCC=C1CCCc2ccccc21. The van der Waals surface area contributed by atoms with Crippen LogP contribution in [0.4, 0.5) is 0 Å². The summed E-state index contributed by atoms with van der Waals surface area (Å²) in [6, 6.07) is 8.91. The molecule has 1 aromatic carbocycles. The molecule has 0 N–H and O–H groups in total. The number of unbranched alkanes of at least 4 members (excludes halogenated alkanes) is 3. The van der Waals surface area contributed by atoms with E-state index in [0.717, 1.165) is 0 Å². The molecule has 0 unspecified atom stereocenters. The predicted molar refractivity (Wildman–Crippen MR) is 71.5 cm³/mol. The second kappa shape index (κ2) is 5.89. The molecule has 0 nitrogen and oxygen atoms in total. The lowest BCUT2D eigenvalue weighted by Gasteiger charge is -2.18. The minimum Gasteiger partial charge on any atom is -0.0807 e. The molecule has 0 spiro atoms. The van der Waals surface area contributed by atoms with Crippen molar-refractivity contribution < 1.29 is 0 Å². The fourth-order valence-corrected chi connectivity index (χ4v) is 2.54. The van der Waals surface area contributed by atoms with Crippen LogP contribution >= 0.6 is 0 Å². The van der Waals surface area contributed by atoms with Gasteiger partial charge in [-0.25, -0.2) is 0 Å². The molecule has 0 amide bonds. The predicted octanol–water partition coefficient (Wildman–Crippen LogP) is 4.99. The maximum atomic E-state index is 2.48. The van der Waals surface area contributed by atoms with Gasteiger partial charge in [-0.2, -0.15) is 0 Å². The molecule has 1 aliphatic carbocycles. The van der Waals surface area contributed by atoms with E-state index in [1.165, 1.54) is 50.5 Å². The van der Waals surface area contributed by atoms with Gasteiger partial charge >= 0.3 is 0 Å². The maximum absolute atomic E-state index is 2.48. The number of fused-ring (bicyclic) bond motifs is 1. The standard InChI is InChI=1S/C16H22/c1-2-3-4-5-9-14-11-8-12-15-10-6-7-13-16(14)15/h6-7,9-10,13H,2-5,8,11-12H2,1H3. The van der Waals surface area contributed by atoms with E-state index in [2.05, 4.69) is 37.3 Å². The molecule has 1 aromatic rings. The zero-order chi connectivity index (χ0) is 11.2. The quantitative estimate of drug-likeness (QED) is 0.620. The highest BCUT2D eigenvalue weighted by molar-refractivity contribution is 5.69. The summed E-state index contributed by atoms with van der Waals surface area (Å²) < 4.78 is 0. The van der Waals surface area contributed by atoms with Crippen molar-refractivity contribution in [3.8, 4) is 0 Å². The molecule has 0 saturated heterocycles. The minimum absolute atomic E-state index is 1.26. The largest absolute Gasteiger partial charge is 0.0807 e. The van der Waals surface area contributed by atoms with E-state index in [1.54, 1.807) is 11.1 Å². The lowest BCUT2D eigenvalue weighted by Crippen LogP contribution is -2.01. The summed E-state index contributed by atoms with van der Waals surface area (Å²) in [4.78, 5) is 0. The number of hydrogen-bond donors (Lipinski definition) is 0. The van der Waals surface area contributed by atoms with Crippen LogP contribution in [0.15, 0.2) is 30.3 Å². The maximum Gasteiger partial charge on any atom is -0.0196 e. The van der Waals surface area contributed by atoms with E-state index >= 15 is 0 Å². The van der Waals surface area contributed by atoms with E-state index in [9.17, 15) is 0 Å². The van der Waals surface area contributed by atoms with Crippen molar-refractivity contribution in [1.82, 2.24) is 0 Å². The molecule has 0 atom stereocenters. The van der Waals surface area contributed by atoms with E-state index in [-0.39, 0.29) is 0 Å². The Hall–Kier alpha value is -1.04. The molecule has 16 heavy (non-hydrogen) atoms. The van der Waals surface area contributed by atoms with Crippen LogP contribution in [0.3, 0.4) is 0 Å². The normalized spacial score (nSPS) is 17.4. The summed E-state index contributed by atoms with van der Waals surface area (Å²) in [5, 5.41) is 0. The van der Waals surface area contributed by atoms with Gasteiger partial charge in [0.05, 0.1) is 0 Å². The summed E-state index contributed by atoms with van der Waals surface area (Å²) in [6.07, 6.45) is 11.7. The van der Waals surface area contributed by atoms with Crippen LogP contribution < -0.4 is 0 Å². The Kier molecular flexibility index (Phi) is 4.21. The van der Waals surface area contributed by atoms with Crippen molar-refractivity contribution >= 4 is 5.57 Å². The van der Waals surface area contributed by atoms with Crippen LogP contribution in [-0.2, 0) is 6.42 Å².